The Bertz CT molecular complexity index is 1480. The van der Waals surface area contributed by atoms with Crippen molar-refractivity contribution in [2.75, 3.05) is 19.6 Å². The Morgan fingerprint density at radius 3 is 2.48 bits per heavy atom. The maximum absolute atomic E-state index is 14.0. The number of ether oxygens (including phenoxy) is 1. The van der Waals surface area contributed by atoms with Crippen molar-refractivity contribution >= 4 is 17.8 Å². The largest absolute Gasteiger partial charge is 0.490 e. The fourth-order valence-electron chi connectivity index (χ4n) is 7.39. The molecular formula is C34H39F3N4O5. The fourth-order valence-corrected chi connectivity index (χ4v) is 7.39. The molecule has 2 aromatic rings. The first-order valence-electron chi connectivity index (χ1n) is 16.0. The molecule has 2 saturated heterocycles. The number of amides is 2. The molecule has 1 aromatic carbocycles. The van der Waals surface area contributed by atoms with E-state index in [9.17, 15) is 37.9 Å². The molecule has 12 heteroatoms. The number of halogens is 3. The second-order valence-corrected chi connectivity index (χ2v) is 12.6. The molecule has 1 aliphatic carbocycles. The molecule has 5 rings (SSSR count). The number of carbonyl (C=O) groups is 3. The van der Waals surface area contributed by atoms with Crippen molar-refractivity contribution in [1.29, 1.82) is 5.26 Å². The number of nitrogens with zero attached hydrogens (tertiary/aromatic N) is 4. The van der Waals surface area contributed by atoms with Crippen LogP contribution in [-0.2, 0) is 21.2 Å². The van der Waals surface area contributed by atoms with Gasteiger partial charge in [0.1, 0.15) is 11.4 Å². The monoisotopic (exact) mass is 640 g/mol. The van der Waals surface area contributed by atoms with Gasteiger partial charge in [0.05, 0.1) is 35.0 Å². The predicted octanol–water partition coefficient (Wildman–Crippen LogP) is 5.84. The summed E-state index contributed by atoms with van der Waals surface area (Å²) in [5, 5.41) is 19.8. The highest BCUT2D eigenvalue weighted by Gasteiger charge is 2.46. The van der Waals surface area contributed by atoms with E-state index in [2.05, 4.69) is 11.1 Å². The first-order chi connectivity index (χ1) is 22.0. The number of carboxylic acid groups (broad SMARTS) is 1. The lowest BCUT2D eigenvalue weighted by Gasteiger charge is -2.44. The average molecular weight is 641 g/mol. The first kappa shape index (κ1) is 33.2. The molecule has 0 bridgehead atoms. The summed E-state index contributed by atoms with van der Waals surface area (Å²) < 4.78 is 47.5. The zero-order valence-electron chi connectivity index (χ0n) is 25.8. The van der Waals surface area contributed by atoms with Crippen molar-refractivity contribution in [2.45, 2.75) is 88.4 Å². The maximum Gasteiger partial charge on any atom is 0.418 e. The summed E-state index contributed by atoms with van der Waals surface area (Å²) in [7, 11) is 0. The molecule has 3 fully saturated rings. The van der Waals surface area contributed by atoms with Gasteiger partial charge in [-0.15, -0.1) is 0 Å². The summed E-state index contributed by atoms with van der Waals surface area (Å²) in [4.78, 5) is 45.9. The van der Waals surface area contributed by atoms with Gasteiger partial charge in [0, 0.05) is 37.4 Å². The van der Waals surface area contributed by atoms with Crippen LogP contribution in [0.5, 0.6) is 5.75 Å². The van der Waals surface area contributed by atoms with E-state index in [1.807, 2.05) is 25.1 Å². The lowest BCUT2D eigenvalue weighted by molar-refractivity contribution is -0.142. The summed E-state index contributed by atoms with van der Waals surface area (Å²) in [5.74, 6) is -2.29. The Morgan fingerprint density at radius 1 is 1.09 bits per heavy atom. The van der Waals surface area contributed by atoms with Gasteiger partial charge in [-0.05, 0) is 69.6 Å². The summed E-state index contributed by atoms with van der Waals surface area (Å²) in [6, 6.07) is 11.2. The number of hydrogen-bond donors (Lipinski definition) is 1. The van der Waals surface area contributed by atoms with Crippen LogP contribution in [0.25, 0.3) is 0 Å². The molecule has 9 nitrogen and oxygen atoms in total. The number of aliphatic carboxylic acids is 1. The number of hydrogen-bond acceptors (Lipinski definition) is 6. The van der Waals surface area contributed by atoms with Crippen molar-refractivity contribution in [2.24, 2.45) is 11.8 Å². The molecule has 4 atom stereocenters. The number of pyridine rings is 1. The standard InChI is InChI=1S/C34H39F3N4O5/c1-2-7-27-24(8-6-17-41(27)31(43)29-26(34(35,36)37)10-5-16-39-29)30(42)40-18-14-33(21-38,15-19-40)25-9-3-4-11-28(25)46-23-13-12-22(20-23)32(44)45/h3-5,9-11,16,22-24,27H,2,6-8,12-15,17-20H2,1H3,(H,44,45). The maximum atomic E-state index is 14.0. The van der Waals surface area contributed by atoms with Crippen LogP contribution in [0.15, 0.2) is 42.6 Å². The number of benzene rings is 1. The highest BCUT2D eigenvalue weighted by molar-refractivity contribution is 5.95. The molecule has 3 heterocycles. The van der Waals surface area contributed by atoms with Crippen LogP contribution in [0, 0.1) is 23.2 Å². The van der Waals surface area contributed by atoms with E-state index in [1.165, 1.54) is 11.1 Å². The third-order valence-electron chi connectivity index (χ3n) is 9.83. The van der Waals surface area contributed by atoms with Gasteiger partial charge in [0.25, 0.3) is 5.91 Å². The van der Waals surface area contributed by atoms with Crippen LogP contribution in [0.2, 0.25) is 0 Å². The van der Waals surface area contributed by atoms with Crippen molar-refractivity contribution in [1.82, 2.24) is 14.8 Å². The molecular weight excluding hydrogens is 601 g/mol. The minimum absolute atomic E-state index is 0.158. The Labute approximate surface area is 266 Å². The van der Waals surface area contributed by atoms with Crippen molar-refractivity contribution in [3.63, 3.8) is 0 Å². The topological polar surface area (TPSA) is 124 Å². The number of piperidine rings is 2. The summed E-state index contributed by atoms with van der Waals surface area (Å²) >= 11 is 0. The smallest absolute Gasteiger partial charge is 0.418 e. The van der Waals surface area contributed by atoms with Crippen LogP contribution in [0.4, 0.5) is 13.2 Å². The van der Waals surface area contributed by atoms with E-state index in [4.69, 9.17) is 4.74 Å². The summed E-state index contributed by atoms with van der Waals surface area (Å²) in [6.45, 7) is 2.75. The van der Waals surface area contributed by atoms with E-state index < -0.39 is 52.6 Å². The lowest BCUT2D eigenvalue weighted by atomic mass is 9.73. The molecule has 0 radical (unpaired) electrons. The normalized spacial score (nSPS) is 24.7. The second kappa shape index (κ2) is 13.7. The van der Waals surface area contributed by atoms with Gasteiger partial charge in [-0.1, -0.05) is 31.5 Å². The molecule has 0 spiro atoms. The van der Waals surface area contributed by atoms with Crippen molar-refractivity contribution in [3.05, 3.63) is 59.4 Å². The van der Waals surface area contributed by atoms with E-state index in [0.29, 0.717) is 76.6 Å². The van der Waals surface area contributed by atoms with E-state index in [-0.39, 0.29) is 18.6 Å². The summed E-state index contributed by atoms with van der Waals surface area (Å²) in [6.07, 6.45) is 0.518. The number of para-hydroxylation sites is 1. The molecule has 246 valence electrons. The molecule has 1 aromatic heterocycles. The average Bonchev–Trinajstić information content (AvgIpc) is 3.53. The lowest BCUT2D eigenvalue weighted by Crippen LogP contribution is -2.55. The van der Waals surface area contributed by atoms with Gasteiger partial charge in [-0.3, -0.25) is 19.4 Å². The zero-order chi connectivity index (χ0) is 33.1. The van der Waals surface area contributed by atoms with Gasteiger partial charge in [-0.2, -0.15) is 18.4 Å². The molecule has 4 unspecified atom stereocenters. The molecule has 1 N–H and O–H groups in total. The third-order valence-corrected chi connectivity index (χ3v) is 9.83. The first-order valence-corrected chi connectivity index (χ1v) is 16.0. The van der Waals surface area contributed by atoms with E-state index >= 15 is 0 Å². The number of nitriles is 1. The quantitative estimate of drug-likeness (QED) is 0.385. The van der Waals surface area contributed by atoms with Crippen LogP contribution >= 0.6 is 0 Å². The highest BCUT2D eigenvalue weighted by atomic mass is 19.4. The van der Waals surface area contributed by atoms with Gasteiger partial charge in [0.15, 0.2) is 0 Å². The van der Waals surface area contributed by atoms with Crippen LogP contribution in [0.1, 0.15) is 86.3 Å². The molecule has 46 heavy (non-hydrogen) atoms. The Kier molecular flexibility index (Phi) is 9.89. The second-order valence-electron chi connectivity index (χ2n) is 12.6. The van der Waals surface area contributed by atoms with Crippen molar-refractivity contribution in [3.8, 4) is 11.8 Å². The predicted molar refractivity (Wildman–Crippen MR) is 161 cm³/mol. The number of alkyl halides is 3. The SMILES string of the molecule is CCCC1C(C(=O)N2CCC(C#N)(c3ccccc3OC3CCC(C(=O)O)C3)CC2)CCCN1C(=O)c1ncccc1C(F)(F)F. The Hall–Kier alpha value is -4.14. The van der Waals surface area contributed by atoms with Crippen LogP contribution in [-0.4, -0.2) is 69.5 Å². The van der Waals surface area contributed by atoms with Crippen molar-refractivity contribution < 1.29 is 37.4 Å². The van der Waals surface area contributed by atoms with Crippen LogP contribution < -0.4 is 4.74 Å². The summed E-state index contributed by atoms with van der Waals surface area (Å²) in [5.41, 5.74) is -1.94. The van der Waals surface area contributed by atoms with E-state index in [0.717, 1.165) is 17.7 Å². The molecule has 2 aliphatic heterocycles. The number of rotatable bonds is 8. The third kappa shape index (κ3) is 6.69. The van der Waals surface area contributed by atoms with Crippen LogP contribution in [0.3, 0.4) is 0 Å². The number of carbonyl (C=O) groups excluding carboxylic acids is 2. The molecule has 3 aliphatic rings. The minimum Gasteiger partial charge on any atom is -0.490 e. The Balaban J connectivity index is 1.31. The molecule has 1 saturated carbocycles. The zero-order valence-corrected chi connectivity index (χ0v) is 25.8. The minimum atomic E-state index is -4.74. The van der Waals surface area contributed by atoms with Gasteiger partial charge in [0.2, 0.25) is 5.91 Å². The fraction of sp³-hybridized carbons (Fsp3) is 0.559. The van der Waals surface area contributed by atoms with Gasteiger partial charge >= 0.3 is 12.1 Å². The number of aromatic nitrogens is 1. The van der Waals surface area contributed by atoms with Gasteiger partial charge in [-0.25, -0.2) is 0 Å². The van der Waals surface area contributed by atoms with E-state index in [1.54, 1.807) is 11.0 Å². The number of carboxylic acids is 1. The Morgan fingerprint density at radius 2 is 1.83 bits per heavy atom. The van der Waals surface area contributed by atoms with Gasteiger partial charge < -0.3 is 19.6 Å². The molecule has 2 amide bonds. The number of likely N-dealkylation sites (tertiary alicyclic amines) is 2. The highest BCUT2D eigenvalue weighted by Crippen LogP contribution is 2.42.